The van der Waals surface area contributed by atoms with Crippen LogP contribution >= 0.6 is 0 Å². The summed E-state index contributed by atoms with van der Waals surface area (Å²) in [4.78, 5) is 0. The Kier molecular flexibility index (Phi) is 6.16. The van der Waals surface area contributed by atoms with Crippen molar-refractivity contribution in [2.75, 3.05) is 28.4 Å². The van der Waals surface area contributed by atoms with Crippen molar-refractivity contribution >= 4 is 5.57 Å². The third-order valence-electron chi connectivity index (χ3n) is 3.85. The molecule has 0 radical (unpaired) electrons. The first-order valence-corrected chi connectivity index (χ1v) is 8.22. The van der Waals surface area contributed by atoms with Gasteiger partial charge < -0.3 is 24.1 Å². The van der Waals surface area contributed by atoms with E-state index in [0.717, 1.165) is 16.7 Å². The predicted octanol–water partition coefficient (Wildman–Crippen LogP) is 3.92. The molecule has 2 rings (SSSR count). The highest BCUT2D eigenvalue weighted by Gasteiger charge is 2.17. The number of methoxy groups -OCH3 is 4. The number of rotatable bonds is 7. The lowest BCUT2D eigenvalue weighted by Crippen LogP contribution is -2.15. The van der Waals surface area contributed by atoms with E-state index in [1.807, 2.05) is 30.3 Å². The van der Waals surface area contributed by atoms with Crippen molar-refractivity contribution < 1.29 is 24.1 Å². The second-order valence-corrected chi connectivity index (χ2v) is 6.38. The van der Waals surface area contributed by atoms with Crippen molar-refractivity contribution in [3.8, 4) is 23.0 Å². The molecule has 1 N–H and O–H groups in total. The first kappa shape index (κ1) is 19.7. The van der Waals surface area contributed by atoms with Crippen LogP contribution in [0.4, 0.5) is 0 Å². The second-order valence-electron chi connectivity index (χ2n) is 6.38. The predicted molar refractivity (Wildman–Crippen MR) is 102 cm³/mol. The molecule has 0 aromatic heterocycles. The van der Waals surface area contributed by atoms with E-state index in [2.05, 4.69) is 0 Å². The fraction of sp³-hybridized carbons (Fsp3) is 0.333. The fourth-order valence-corrected chi connectivity index (χ4v) is 2.65. The maximum atomic E-state index is 10.4. The smallest absolute Gasteiger partial charge is 0.161 e. The molecule has 5 nitrogen and oxygen atoms in total. The van der Waals surface area contributed by atoms with Crippen molar-refractivity contribution in [3.05, 3.63) is 53.6 Å². The first-order chi connectivity index (χ1) is 12.3. The highest BCUT2D eigenvalue weighted by Crippen LogP contribution is 2.36. The van der Waals surface area contributed by atoms with E-state index in [-0.39, 0.29) is 0 Å². The van der Waals surface area contributed by atoms with Gasteiger partial charge in [0.15, 0.2) is 11.5 Å². The fourth-order valence-electron chi connectivity index (χ4n) is 2.65. The van der Waals surface area contributed by atoms with Crippen molar-refractivity contribution in [3.63, 3.8) is 0 Å². The SMILES string of the molecule is COc1cc(OC)cc(C(=CC(C)(C)O)c2ccc(OC)c(OC)c2)c1. The molecule has 0 bridgehead atoms. The molecule has 0 atom stereocenters. The summed E-state index contributed by atoms with van der Waals surface area (Å²) in [5, 5.41) is 10.4. The van der Waals surface area contributed by atoms with Crippen LogP contribution in [0.25, 0.3) is 5.57 Å². The van der Waals surface area contributed by atoms with E-state index >= 15 is 0 Å². The summed E-state index contributed by atoms with van der Waals surface area (Å²) in [6.45, 7) is 3.45. The van der Waals surface area contributed by atoms with Gasteiger partial charge in [-0.05, 0) is 60.9 Å². The topological polar surface area (TPSA) is 57.2 Å². The summed E-state index contributed by atoms with van der Waals surface area (Å²) in [7, 11) is 6.40. The Morgan fingerprint density at radius 2 is 1.35 bits per heavy atom. The van der Waals surface area contributed by atoms with Gasteiger partial charge in [0, 0.05) is 6.07 Å². The third kappa shape index (κ3) is 4.70. The lowest BCUT2D eigenvalue weighted by Gasteiger charge is -2.19. The molecule has 0 amide bonds. The molecule has 5 heteroatoms. The van der Waals surface area contributed by atoms with Crippen LogP contribution < -0.4 is 18.9 Å². The van der Waals surface area contributed by atoms with Gasteiger partial charge in [0.05, 0.1) is 34.0 Å². The highest BCUT2D eigenvalue weighted by atomic mass is 16.5. The van der Waals surface area contributed by atoms with Gasteiger partial charge in [0.1, 0.15) is 11.5 Å². The maximum absolute atomic E-state index is 10.4. The van der Waals surface area contributed by atoms with Gasteiger partial charge >= 0.3 is 0 Å². The van der Waals surface area contributed by atoms with Gasteiger partial charge in [-0.3, -0.25) is 0 Å². The average molecular weight is 358 g/mol. The quantitative estimate of drug-likeness (QED) is 0.813. The lowest BCUT2D eigenvalue weighted by molar-refractivity contribution is 0.133. The second kappa shape index (κ2) is 8.15. The molecule has 0 aliphatic carbocycles. The standard InChI is InChI=1S/C21H26O5/c1-21(2,22)13-18(14-7-8-19(25-5)20(11-14)26-6)15-9-16(23-3)12-17(10-15)24-4/h7-13,22H,1-6H3. The Hall–Kier alpha value is -2.66. The van der Waals surface area contributed by atoms with E-state index in [0.29, 0.717) is 23.0 Å². The first-order valence-electron chi connectivity index (χ1n) is 8.22. The van der Waals surface area contributed by atoms with Gasteiger partial charge in [-0.25, -0.2) is 0 Å². The lowest BCUT2D eigenvalue weighted by atomic mass is 9.92. The Bertz CT molecular complexity index is 765. The minimum absolute atomic E-state index is 0.613. The zero-order chi connectivity index (χ0) is 19.3. The molecule has 2 aromatic rings. The average Bonchev–Trinajstić information content (AvgIpc) is 2.64. The van der Waals surface area contributed by atoms with E-state index in [1.165, 1.54) is 0 Å². The summed E-state index contributed by atoms with van der Waals surface area (Å²) in [6, 6.07) is 11.2. The normalized spacial score (nSPS) is 11.9. The molecule has 0 heterocycles. The van der Waals surface area contributed by atoms with Crippen LogP contribution in [-0.2, 0) is 0 Å². The summed E-state index contributed by atoms with van der Waals surface area (Å²) in [5.74, 6) is 2.59. The number of hydrogen-bond donors (Lipinski definition) is 1. The largest absolute Gasteiger partial charge is 0.497 e. The molecule has 0 spiro atoms. The summed E-state index contributed by atoms with van der Waals surface area (Å²) in [6.07, 6.45) is 1.79. The molecule has 0 aliphatic rings. The summed E-state index contributed by atoms with van der Waals surface area (Å²) in [5.41, 5.74) is 1.55. The molecule has 0 saturated heterocycles. The van der Waals surface area contributed by atoms with Gasteiger partial charge in [-0.1, -0.05) is 6.07 Å². The molecule has 0 saturated carbocycles. The highest BCUT2D eigenvalue weighted by molar-refractivity contribution is 5.82. The van der Waals surface area contributed by atoms with E-state index < -0.39 is 5.60 Å². The molecule has 26 heavy (non-hydrogen) atoms. The monoisotopic (exact) mass is 358 g/mol. The van der Waals surface area contributed by atoms with E-state index in [4.69, 9.17) is 18.9 Å². The third-order valence-corrected chi connectivity index (χ3v) is 3.85. The number of hydrogen-bond acceptors (Lipinski definition) is 5. The molecule has 0 unspecified atom stereocenters. The number of aliphatic hydroxyl groups is 1. The minimum atomic E-state index is -1.02. The van der Waals surface area contributed by atoms with Gasteiger partial charge in [0.25, 0.3) is 0 Å². The van der Waals surface area contributed by atoms with Crippen LogP contribution in [0.15, 0.2) is 42.5 Å². The van der Waals surface area contributed by atoms with Crippen molar-refractivity contribution in [2.45, 2.75) is 19.4 Å². The van der Waals surface area contributed by atoms with E-state index in [9.17, 15) is 5.11 Å². The zero-order valence-electron chi connectivity index (χ0n) is 16.1. The maximum Gasteiger partial charge on any atom is 0.161 e. The van der Waals surface area contributed by atoms with Gasteiger partial charge in [-0.15, -0.1) is 0 Å². The zero-order valence-corrected chi connectivity index (χ0v) is 16.1. The van der Waals surface area contributed by atoms with Gasteiger partial charge in [0.2, 0.25) is 0 Å². The molecule has 2 aromatic carbocycles. The Balaban J connectivity index is 2.68. The molecule has 140 valence electrons. The van der Waals surface area contributed by atoms with Gasteiger partial charge in [-0.2, -0.15) is 0 Å². The molecule has 0 fully saturated rings. The molecular weight excluding hydrogens is 332 g/mol. The molecule has 0 aliphatic heterocycles. The Morgan fingerprint density at radius 1 is 0.769 bits per heavy atom. The number of benzene rings is 2. The minimum Gasteiger partial charge on any atom is -0.497 e. The van der Waals surface area contributed by atoms with Crippen LogP contribution in [0.2, 0.25) is 0 Å². The van der Waals surface area contributed by atoms with Crippen LogP contribution in [0.5, 0.6) is 23.0 Å². The summed E-state index contributed by atoms with van der Waals surface area (Å²) < 4.78 is 21.5. The van der Waals surface area contributed by atoms with Crippen molar-refractivity contribution in [1.29, 1.82) is 0 Å². The van der Waals surface area contributed by atoms with E-state index in [1.54, 1.807) is 54.4 Å². The van der Waals surface area contributed by atoms with Crippen LogP contribution in [0.3, 0.4) is 0 Å². The van der Waals surface area contributed by atoms with Crippen molar-refractivity contribution in [2.24, 2.45) is 0 Å². The van der Waals surface area contributed by atoms with Crippen LogP contribution in [0.1, 0.15) is 25.0 Å². The van der Waals surface area contributed by atoms with Crippen molar-refractivity contribution in [1.82, 2.24) is 0 Å². The van der Waals surface area contributed by atoms with Crippen LogP contribution in [-0.4, -0.2) is 39.1 Å². The Labute approximate surface area is 154 Å². The van der Waals surface area contributed by atoms with Crippen LogP contribution in [0, 0.1) is 0 Å². The Morgan fingerprint density at radius 3 is 1.81 bits per heavy atom. The summed E-state index contributed by atoms with van der Waals surface area (Å²) >= 11 is 0. The molecular formula is C21H26O5. The number of ether oxygens (including phenoxy) is 4.